The Morgan fingerprint density at radius 1 is 1.08 bits per heavy atom. The predicted octanol–water partition coefficient (Wildman–Crippen LogP) is 3.78. The molecule has 0 amide bonds. The zero-order valence-corrected chi connectivity index (χ0v) is 20.1. The van der Waals surface area contributed by atoms with Gasteiger partial charge in [-0.3, -0.25) is 14.2 Å². The number of carbonyl (C=O) groups is 1. The molecule has 184 valence electrons. The molecule has 0 aliphatic heterocycles. The van der Waals surface area contributed by atoms with Gasteiger partial charge in [-0.25, -0.2) is 14.6 Å². The van der Waals surface area contributed by atoms with Crippen molar-refractivity contribution in [3.05, 3.63) is 94.3 Å². The van der Waals surface area contributed by atoms with Gasteiger partial charge in [0.2, 0.25) is 0 Å². The number of phenols is 1. The number of nitrogens with two attached hydrogens (primary N) is 1. The van der Waals surface area contributed by atoms with Gasteiger partial charge in [0.15, 0.2) is 5.65 Å². The van der Waals surface area contributed by atoms with Crippen molar-refractivity contribution in [3.63, 3.8) is 0 Å². The van der Waals surface area contributed by atoms with Gasteiger partial charge in [0.05, 0.1) is 28.7 Å². The molecule has 0 saturated carbocycles. The molecule has 2 aromatic carbocycles. The smallest absolute Gasteiger partial charge is 0.263 e. The molecule has 3 heterocycles. The number of ketones is 1. The van der Waals surface area contributed by atoms with E-state index >= 15 is 0 Å². The maximum absolute atomic E-state index is 13.8. The number of aromatic hydroxyl groups is 1. The summed E-state index contributed by atoms with van der Waals surface area (Å²) in [5.74, 6) is 0.161. The average Bonchev–Trinajstić information content (AvgIpc) is 3.25. The van der Waals surface area contributed by atoms with Crippen LogP contribution in [0, 0.1) is 6.92 Å². The van der Waals surface area contributed by atoms with E-state index in [-0.39, 0.29) is 35.4 Å². The van der Waals surface area contributed by atoms with Gasteiger partial charge in [-0.2, -0.15) is 5.10 Å². The Morgan fingerprint density at radius 3 is 2.73 bits per heavy atom. The summed E-state index contributed by atoms with van der Waals surface area (Å²) in [5, 5.41) is 17.5. The SMILES string of the molecule is Cc1cccc2cc(Cn3nc(C4C=CCC(=O)C4)c4c(N)ncnc43)n(-c3ccccc3O)c(=O)c12. The lowest BCUT2D eigenvalue weighted by atomic mass is 9.91. The van der Waals surface area contributed by atoms with Crippen LogP contribution in [0.15, 0.2) is 71.8 Å². The van der Waals surface area contributed by atoms with Gasteiger partial charge in [-0.1, -0.05) is 42.5 Å². The molecule has 5 aromatic rings. The quantitative estimate of drug-likeness (QED) is 0.365. The maximum atomic E-state index is 13.8. The number of rotatable bonds is 4. The number of hydrogen-bond acceptors (Lipinski definition) is 7. The molecular formula is C28H24N6O3. The minimum absolute atomic E-state index is 0.0118. The Bertz CT molecular complexity index is 1800. The number of hydrogen-bond donors (Lipinski definition) is 2. The van der Waals surface area contributed by atoms with Gasteiger partial charge in [0, 0.05) is 24.5 Å². The fraction of sp³-hybridized carbons (Fsp3) is 0.179. The second-order valence-corrected chi connectivity index (χ2v) is 9.29. The first-order valence-corrected chi connectivity index (χ1v) is 12.0. The number of benzene rings is 2. The van der Waals surface area contributed by atoms with E-state index < -0.39 is 0 Å². The monoisotopic (exact) mass is 492 g/mol. The Hall–Kier alpha value is -4.79. The molecule has 0 saturated heterocycles. The third kappa shape index (κ3) is 3.76. The number of nitrogens with zero attached hydrogens (tertiary/aromatic N) is 5. The van der Waals surface area contributed by atoms with E-state index in [2.05, 4.69) is 9.97 Å². The molecular weight excluding hydrogens is 468 g/mol. The molecule has 0 fully saturated rings. The summed E-state index contributed by atoms with van der Waals surface area (Å²) in [5.41, 5.74) is 8.99. The third-order valence-corrected chi connectivity index (χ3v) is 6.86. The van der Waals surface area contributed by atoms with Gasteiger partial charge in [0.1, 0.15) is 23.7 Å². The van der Waals surface area contributed by atoms with Crippen LogP contribution in [0.25, 0.3) is 27.5 Å². The summed E-state index contributed by atoms with van der Waals surface area (Å²) in [4.78, 5) is 34.6. The molecule has 1 atom stereocenters. The Morgan fingerprint density at radius 2 is 1.92 bits per heavy atom. The fourth-order valence-corrected chi connectivity index (χ4v) is 5.15. The average molecular weight is 493 g/mol. The summed E-state index contributed by atoms with van der Waals surface area (Å²) in [7, 11) is 0. The molecule has 3 aromatic heterocycles. The normalized spacial score (nSPS) is 15.6. The van der Waals surface area contributed by atoms with Gasteiger partial charge < -0.3 is 10.8 Å². The van der Waals surface area contributed by atoms with Crippen molar-refractivity contribution in [1.29, 1.82) is 0 Å². The zero-order chi connectivity index (χ0) is 25.7. The van der Waals surface area contributed by atoms with E-state index in [1.165, 1.54) is 10.9 Å². The number of aryl methyl sites for hydroxylation is 1. The van der Waals surface area contributed by atoms with E-state index in [4.69, 9.17) is 10.8 Å². The first kappa shape index (κ1) is 22.7. The van der Waals surface area contributed by atoms with Crippen LogP contribution in [0.4, 0.5) is 5.82 Å². The Balaban J connectivity index is 1.60. The number of phenolic OH excluding ortho intramolecular Hbond substituents is 1. The number of Topliss-reactive ketones (excluding diaryl/α,β-unsaturated/α-hetero) is 1. The van der Waals surface area contributed by atoms with Crippen molar-refractivity contribution >= 4 is 33.4 Å². The van der Waals surface area contributed by atoms with Crippen molar-refractivity contribution in [3.8, 4) is 11.4 Å². The van der Waals surface area contributed by atoms with E-state index in [0.717, 1.165) is 10.9 Å². The van der Waals surface area contributed by atoms with Gasteiger partial charge in [0.25, 0.3) is 5.56 Å². The minimum Gasteiger partial charge on any atom is -0.506 e. The zero-order valence-electron chi connectivity index (χ0n) is 20.1. The lowest BCUT2D eigenvalue weighted by Crippen LogP contribution is -2.24. The summed E-state index contributed by atoms with van der Waals surface area (Å²) in [6.07, 6.45) is 5.93. The Kier molecular flexibility index (Phi) is 5.33. The highest BCUT2D eigenvalue weighted by Gasteiger charge is 2.26. The molecule has 6 rings (SSSR count). The first-order valence-electron chi connectivity index (χ1n) is 12.0. The van der Waals surface area contributed by atoms with Crippen molar-refractivity contribution < 1.29 is 9.90 Å². The number of anilines is 1. The van der Waals surface area contributed by atoms with Gasteiger partial charge >= 0.3 is 0 Å². The summed E-state index contributed by atoms with van der Waals surface area (Å²) < 4.78 is 3.20. The molecule has 37 heavy (non-hydrogen) atoms. The molecule has 1 unspecified atom stereocenters. The number of para-hydroxylation sites is 2. The van der Waals surface area contributed by atoms with Gasteiger partial charge in [-0.05, 0) is 36.1 Å². The van der Waals surface area contributed by atoms with Crippen LogP contribution in [-0.2, 0) is 11.3 Å². The second-order valence-electron chi connectivity index (χ2n) is 9.29. The lowest BCUT2D eigenvalue weighted by molar-refractivity contribution is -0.118. The third-order valence-electron chi connectivity index (χ3n) is 6.86. The fourth-order valence-electron chi connectivity index (χ4n) is 5.15. The maximum Gasteiger partial charge on any atom is 0.263 e. The lowest BCUT2D eigenvalue weighted by Gasteiger charge is -2.17. The molecule has 0 bridgehead atoms. The highest BCUT2D eigenvalue weighted by atomic mass is 16.3. The minimum atomic E-state index is -0.238. The van der Waals surface area contributed by atoms with Crippen LogP contribution in [0.3, 0.4) is 0 Å². The van der Waals surface area contributed by atoms with E-state index in [1.807, 2.05) is 43.3 Å². The number of fused-ring (bicyclic) bond motifs is 2. The number of carbonyl (C=O) groups excluding carboxylic acids is 1. The standard InChI is InChI=1S/C28H24N6O3/c1-16-6-4-7-17-12-19(34(28(37)23(16)17)21-10-2-3-11-22(21)36)14-33-27-24(26(29)30-15-31-27)25(32-33)18-8-5-9-20(35)13-18/h2-8,10-12,15,18,36H,9,13-14H2,1H3,(H2,29,30,31). The van der Waals surface area contributed by atoms with Crippen LogP contribution in [0.1, 0.15) is 35.7 Å². The van der Waals surface area contributed by atoms with Crippen LogP contribution in [0.2, 0.25) is 0 Å². The number of pyridine rings is 1. The summed E-state index contributed by atoms with van der Waals surface area (Å²) in [6, 6.07) is 14.4. The molecule has 1 aliphatic carbocycles. The number of allylic oxidation sites excluding steroid dienone is 2. The van der Waals surface area contributed by atoms with Crippen molar-refractivity contribution in [2.45, 2.75) is 32.2 Å². The van der Waals surface area contributed by atoms with Crippen molar-refractivity contribution in [2.75, 3.05) is 5.73 Å². The molecule has 0 radical (unpaired) electrons. The van der Waals surface area contributed by atoms with E-state index in [0.29, 0.717) is 46.3 Å². The highest BCUT2D eigenvalue weighted by Crippen LogP contribution is 2.33. The molecule has 9 heteroatoms. The molecule has 1 aliphatic rings. The first-order chi connectivity index (χ1) is 17.9. The Labute approximate surface area is 211 Å². The molecule has 3 N–H and O–H groups in total. The second kappa shape index (κ2) is 8.70. The predicted molar refractivity (Wildman–Crippen MR) is 141 cm³/mol. The highest BCUT2D eigenvalue weighted by molar-refractivity contribution is 5.91. The topological polar surface area (TPSA) is 129 Å². The summed E-state index contributed by atoms with van der Waals surface area (Å²) >= 11 is 0. The largest absolute Gasteiger partial charge is 0.506 e. The van der Waals surface area contributed by atoms with E-state index in [1.54, 1.807) is 28.9 Å². The number of aromatic nitrogens is 5. The van der Waals surface area contributed by atoms with Crippen LogP contribution < -0.4 is 11.3 Å². The van der Waals surface area contributed by atoms with Crippen LogP contribution >= 0.6 is 0 Å². The molecule has 0 spiro atoms. The van der Waals surface area contributed by atoms with E-state index in [9.17, 15) is 14.7 Å². The number of nitrogen functional groups attached to an aromatic ring is 1. The van der Waals surface area contributed by atoms with Crippen molar-refractivity contribution in [2.24, 2.45) is 0 Å². The molecule has 9 nitrogen and oxygen atoms in total. The van der Waals surface area contributed by atoms with Gasteiger partial charge in [-0.15, -0.1) is 0 Å². The van der Waals surface area contributed by atoms with Crippen molar-refractivity contribution in [1.82, 2.24) is 24.3 Å². The van der Waals surface area contributed by atoms with Crippen LogP contribution in [0.5, 0.6) is 5.75 Å². The van der Waals surface area contributed by atoms with Crippen LogP contribution in [-0.4, -0.2) is 35.2 Å². The summed E-state index contributed by atoms with van der Waals surface area (Å²) in [6.45, 7) is 2.06.